The number of hydrogen-bond donors (Lipinski definition) is 2. The zero-order valence-electron chi connectivity index (χ0n) is 10.2. The number of hydrogen-bond acceptors (Lipinski definition) is 4. The summed E-state index contributed by atoms with van der Waals surface area (Å²) in [6.45, 7) is 0. The molecule has 1 unspecified atom stereocenters. The molecule has 0 aliphatic heterocycles. The molecule has 3 N–H and O–H groups in total. The third kappa shape index (κ3) is 2.25. The average Bonchev–Trinajstić information content (AvgIpc) is 2.81. The smallest absolute Gasteiger partial charge is 0.324 e. The minimum absolute atomic E-state index is 0.145. The van der Waals surface area contributed by atoms with Gasteiger partial charge in [0.2, 0.25) is 0 Å². The maximum atomic E-state index is 11.4. The first-order valence-corrected chi connectivity index (χ1v) is 5.98. The van der Waals surface area contributed by atoms with Crippen molar-refractivity contribution in [1.29, 1.82) is 0 Å². The zero-order valence-corrected chi connectivity index (χ0v) is 10.2. The number of benzene rings is 1. The molecule has 19 heavy (non-hydrogen) atoms. The Bertz CT molecular complexity index is 746. The predicted molar refractivity (Wildman–Crippen MR) is 70.7 cm³/mol. The third-order valence-electron chi connectivity index (χ3n) is 2.99. The van der Waals surface area contributed by atoms with E-state index in [1.807, 2.05) is 36.4 Å². The Morgan fingerprint density at radius 3 is 2.79 bits per heavy atom. The molecule has 0 radical (unpaired) electrons. The normalized spacial score (nSPS) is 12.7. The molecule has 0 bridgehead atoms. The van der Waals surface area contributed by atoms with Crippen LogP contribution in [-0.4, -0.2) is 19.8 Å². The van der Waals surface area contributed by atoms with Crippen LogP contribution in [0.5, 0.6) is 0 Å². The standard InChI is InChI=1S/C13H13N5O/c14-11(9-4-2-1-3-5-9)8-10-6-7-12-15-16-13(19)18(12)17-10/h1-7,11H,8,14H2,(H,16,19). The Morgan fingerprint density at radius 1 is 1.21 bits per heavy atom. The Morgan fingerprint density at radius 2 is 2.00 bits per heavy atom. The van der Waals surface area contributed by atoms with E-state index in [1.54, 1.807) is 6.07 Å². The Balaban J connectivity index is 1.89. The summed E-state index contributed by atoms with van der Waals surface area (Å²) in [6.07, 6.45) is 0.567. The monoisotopic (exact) mass is 255 g/mol. The van der Waals surface area contributed by atoms with Crippen LogP contribution in [0.1, 0.15) is 17.3 Å². The van der Waals surface area contributed by atoms with Crippen LogP contribution in [0.4, 0.5) is 0 Å². The SMILES string of the molecule is NC(Cc1ccc2n[nH]c(=O)n2n1)c1ccccc1. The molecule has 0 aliphatic rings. The molecular weight excluding hydrogens is 242 g/mol. The first-order chi connectivity index (χ1) is 9.24. The molecule has 6 nitrogen and oxygen atoms in total. The van der Waals surface area contributed by atoms with Crippen LogP contribution in [-0.2, 0) is 6.42 Å². The fraction of sp³-hybridized carbons (Fsp3) is 0.154. The fourth-order valence-electron chi connectivity index (χ4n) is 1.99. The summed E-state index contributed by atoms with van der Waals surface area (Å²) in [7, 11) is 0. The number of nitrogens with one attached hydrogen (secondary N) is 1. The molecule has 0 saturated carbocycles. The Labute approximate surface area is 108 Å². The third-order valence-corrected chi connectivity index (χ3v) is 2.99. The van der Waals surface area contributed by atoms with E-state index in [4.69, 9.17) is 5.73 Å². The van der Waals surface area contributed by atoms with Crippen LogP contribution in [0.2, 0.25) is 0 Å². The van der Waals surface area contributed by atoms with Crippen molar-refractivity contribution in [2.75, 3.05) is 0 Å². The number of aromatic nitrogens is 4. The lowest BCUT2D eigenvalue weighted by Crippen LogP contribution is -2.17. The molecular formula is C13H13N5O. The zero-order chi connectivity index (χ0) is 13.2. The van der Waals surface area contributed by atoms with Crippen molar-refractivity contribution in [3.63, 3.8) is 0 Å². The highest BCUT2D eigenvalue weighted by Crippen LogP contribution is 2.14. The molecule has 0 fully saturated rings. The van der Waals surface area contributed by atoms with Gasteiger partial charge in [-0.3, -0.25) is 0 Å². The summed E-state index contributed by atoms with van der Waals surface area (Å²) >= 11 is 0. The van der Waals surface area contributed by atoms with E-state index < -0.39 is 0 Å². The molecule has 96 valence electrons. The van der Waals surface area contributed by atoms with Crippen molar-refractivity contribution in [2.24, 2.45) is 5.73 Å². The molecule has 2 heterocycles. The van der Waals surface area contributed by atoms with Crippen molar-refractivity contribution in [1.82, 2.24) is 19.8 Å². The van der Waals surface area contributed by atoms with E-state index >= 15 is 0 Å². The number of nitrogens with two attached hydrogens (primary N) is 1. The minimum Gasteiger partial charge on any atom is -0.324 e. The summed E-state index contributed by atoms with van der Waals surface area (Å²) in [6, 6.07) is 13.2. The second kappa shape index (κ2) is 4.66. The van der Waals surface area contributed by atoms with Gasteiger partial charge in [-0.1, -0.05) is 30.3 Å². The van der Waals surface area contributed by atoms with E-state index in [2.05, 4.69) is 15.3 Å². The summed E-state index contributed by atoms with van der Waals surface area (Å²) in [5.41, 5.74) is 8.10. The molecule has 0 aliphatic carbocycles. The van der Waals surface area contributed by atoms with Gasteiger partial charge in [0.15, 0.2) is 5.65 Å². The van der Waals surface area contributed by atoms with Gasteiger partial charge < -0.3 is 5.73 Å². The second-order valence-corrected chi connectivity index (χ2v) is 4.34. The van der Waals surface area contributed by atoms with Crippen LogP contribution in [0.25, 0.3) is 5.65 Å². The van der Waals surface area contributed by atoms with E-state index in [-0.39, 0.29) is 11.7 Å². The molecule has 3 rings (SSSR count). The molecule has 0 saturated heterocycles. The molecule has 6 heteroatoms. The fourth-order valence-corrected chi connectivity index (χ4v) is 1.99. The van der Waals surface area contributed by atoms with Gasteiger partial charge in [-0.25, -0.2) is 9.89 Å². The summed E-state index contributed by atoms with van der Waals surface area (Å²) < 4.78 is 1.24. The van der Waals surface area contributed by atoms with Crippen molar-refractivity contribution >= 4 is 5.65 Å². The van der Waals surface area contributed by atoms with Crippen LogP contribution in [0, 0.1) is 0 Å². The number of aromatic amines is 1. The van der Waals surface area contributed by atoms with Gasteiger partial charge in [0.1, 0.15) is 0 Å². The van der Waals surface area contributed by atoms with Crippen LogP contribution in [0.3, 0.4) is 0 Å². The number of H-pyrrole nitrogens is 1. The van der Waals surface area contributed by atoms with Gasteiger partial charge >= 0.3 is 5.69 Å². The first kappa shape index (κ1) is 11.6. The highest BCUT2D eigenvalue weighted by Gasteiger charge is 2.09. The number of fused-ring (bicyclic) bond motifs is 1. The quantitative estimate of drug-likeness (QED) is 0.719. The molecule has 1 aromatic carbocycles. The van der Waals surface area contributed by atoms with Crippen molar-refractivity contribution in [3.05, 3.63) is 64.2 Å². The predicted octanol–water partition coefficient (Wildman–Crippen LogP) is 0.660. The number of nitrogens with zero attached hydrogens (tertiary/aromatic N) is 3. The van der Waals surface area contributed by atoms with Gasteiger partial charge in [0.05, 0.1) is 5.69 Å². The summed E-state index contributed by atoms with van der Waals surface area (Å²) in [4.78, 5) is 11.4. The van der Waals surface area contributed by atoms with Crippen LogP contribution >= 0.6 is 0 Å². The van der Waals surface area contributed by atoms with Gasteiger partial charge in [0.25, 0.3) is 0 Å². The molecule has 3 aromatic rings. The molecule has 1 atom stereocenters. The second-order valence-electron chi connectivity index (χ2n) is 4.34. The van der Waals surface area contributed by atoms with Gasteiger partial charge in [-0.2, -0.15) is 14.7 Å². The van der Waals surface area contributed by atoms with Crippen molar-refractivity contribution in [2.45, 2.75) is 12.5 Å². The average molecular weight is 255 g/mol. The van der Waals surface area contributed by atoms with E-state index in [1.165, 1.54) is 4.52 Å². The largest absolute Gasteiger partial charge is 0.364 e. The van der Waals surface area contributed by atoms with Crippen LogP contribution < -0.4 is 11.4 Å². The Kier molecular flexibility index (Phi) is 2.85. The summed E-state index contributed by atoms with van der Waals surface area (Å²) in [5, 5.41) is 10.4. The first-order valence-electron chi connectivity index (χ1n) is 5.98. The Hall–Kier alpha value is -2.47. The lowest BCUT2D eigenvalue weighted by atomic mass is 10.0. The molecule has 0 amide bonds. The van der Waals surface area contributed by atoms with Gasteiger partial charge in [-0.05, 0) is 17.7 Å². The lowest BCUT2D eigenvalue weighted by Gasteiger charge is -2.11. The van der Waals surface area contributed by atoms with E-state index in [0.717, 1.165) is 11.3 Å². The van der Waals surface area contributed by atoms with Gasteiger partial charge in [-0.15, -0.1) is 0 Å². The lowest BCUT2D eigenvalue weighted by molar-refractivity contribution is 0.685. The maximum Gasteiger partial charge on any atom is 0.364 e. The summed E-state index contributed by atoms with van der Waals surface area (Å²) in [5.74, 6) is 0. The van der Waals surface area contributed by atoms with Crippen LogP contribution in [0.15, 0.2) is 47.3 Å². The molecule has 2 aromatic heterocycles. The van der Waals surface area contributed by atoms with E-state index in [0.29, 0.717) is 12.1 Å². The van der Waals surface area contributed by atoms with Gasteiger partial charge in [0, 0.05) is 12.5 Å². The number of rotatable bonds is 3. The van der Waals surface area contributed by atoms with Crippen molar-refractivity contribution in [3.8, 4) is 0 Å². The molecule has 0 spiro atoms. The highest BCUT2D eigenvalue weighted by molar-refractivity contribution is 5.34. The minimum atomic E-state index is -0.342. The van der Waals surface area contributed by atoms with E-state index in [9.17, 15) is 4.79 Å². The van der Waals surface area contributed by atoms with Crippen molar-refractivity contribution < 1.29 is 0 Å². The topological polar surface area (TPSA) is 89.1 Å². The highest BCUT2D eigenvalue weighted by atomic mass is 16.2. The maximum absolute atomic E-state index is 11.4.